The molecule has 0 aliphatic carbocycles. The molecule has 11 heteroatoms. The number of rotatable bonds is 10. The minimum atomic E-state index is -4.00. The van der Waals surface area contributed by atoms with E-state index in [0.29, 0.717) is 11.4 Å². The molecular formula is C29H28N2O7S2. The Bertz CT molecular complexity index is 1540. The van der Waals surface area contributed by atoms with Crippen molar-refractivity contribution in [3.8, 4) is 11.5 Å². The number of hydrogen-bond acceptors (Lipinski definition) is 7. The van der Waals surface area contributed by atoms with Crippen molar-refractivity contribution in [3.05, 3.63) is 108 Å². The highest BCUT2D eigenvalue weighted by atomic mass is 32.2. The normalized spacial score (nSPS) is 11.4. The van der Waals surface area contributed by atoms with Gasteiger partial charge in [-0.05, 0) is 96.8 Å². The molecule has 4 aromatic carbocycles. The summed E-state index contributed by atoms with van der Waals surface area (Å²) in [4.78, 5) is 12.5. The summed E-state index contributed by atoms with van der Waals surface area (Å²) in [5.41, 5.74) is 2.82. The molecule has 0 heterocycles. The lowest BCUT2D eigenvalue weighted by Gasteiger charge is -2.11. The van der Waals surface area contributed by atoms with Gasteiger partial charge in [0, 0.05) is 11.4 Å². The van der Waals surface area contributed by atoms with E-state index in [2.05, 4.69) is 10.6 Å². The third-order valence-corrected chi connectivity index (χ3v) is 8.40. The predicted molar refractivity (Wildman–Crippen MR) is 153 cm³/mol. The Balaban J connectivity index is 1.31. The number of urea groups is 1. The third kappa shape index (κ3) is 7.39. The van der Waals surface area contributed by atoms with Gasteiger partial charge in [0.25, 0.3) is 0 Å². The van der Waals surface area contributed by atoms with Gasteiger partial charge in [0.15, 0.2) is 0 Å². The maximum Gasteiger partial charge on any atom is 0.339 e. The van der Waals surface area contributed by atoms with Crippen molar-refractivity contribution < 1.29 is 30.0 Å². The molecule has 2 amide bonds. The second kappa shape index (κ2) is 12.2. The summed E-state index contributed by atoms with van der Waals surface area (Å²) in [5, 5.41) is 5.25. The van der Waals surface area contributed by atoms with Crippen LogP contribution in [0.3, 0.4) is 0 Å². The van der Waals surface area contributed by atoms with Gasteiger partial charge in [0.05, 0.1) is 0 Å². The van der Waals surface area contributed by atoms with E-state index in [-0.39, 0.29) is 21.3 Å². The number of nitrogens with one attached hydrogen (secondary N) is 2. The standard InChI is InChI=1S/C29H28N2O7S2/c1-3-21-5-17-27(18-6-21)39(33,34)37-25-13-9-23(10-14-25)30-29(32)31-24-11-15-26(16-12-24)38-40(35,36)28-19-7-22(4-2)8-20-28/h5-20H,3-4H2,1-2H3,(H2,30,31,32). The van der Waals surface area contributed by atoms with E-state index in [9.17, 15) is 21.6 Å². The van der Waals surface area contributed by atoms with E-state index in [1.54, 1.807) is 24.3 Å². The predicted octanol–water partition coefficient (Wildman–Crippen LogP) is 5.99. The van der Waals surface area contributed by atoms with Crippen LogP contribution in [0.1, 0.15) is 25.0 Å². The Labute approximate surface area is 234 Å². The number of hydrogen-bond donors (Lipinski definition) is 2. The van der Waals surface area contributed by atoms with Gasteiger partial charge in [0.2, 0.25) is 0 Å². The molecule has 0 radical (unpaired) electrons. The molecular weight excluding hydrogens is 552 g/mol. The molecule has 0 aromatic heterocycles. The van der Waals surface area contributed by atoms with Crippen LogP contribution < -0.4 is 19.0 Å². The number of carbonyl (C=O) groups excluding carboxylic acids is 1. The van der Waals surface area contributed by atoms with Crippen LogP contribution in [0.4, 0.5) is 16.2 Å². The summed E-state index contributed by atoms with van der Waals surface area (Å²) < 4.78 is 60.5. The first-order valence-corrected chi connectivity index (χ1v) is 15.2. The highest BCUT2D eigenvalue weighted by Crippen LogP contribution is 2.23. The second-order valence-electron chi connectivity index (χ2n) is 8.70. The topological polar surface area (TPSA) is 128 Å². The highest BCUT2D eigenvalue weighted by Gasteiger charge is 2.18. The van der Waals surface area contributed by atoms with E-state index >= 15 is 0 Å². The maximum absolute atomic E-state index is 12.5. The first kappa shape index (κ1) is 28.7. The van der Waals surface area contributed by atoms with E-state index in [1.165, 1.54) is 72.8 Å². The number of anilines is 2. The minimum absolute atomic E-state index is 0.0472. The third-order valence-electron chi connectivity index (χ3n) is 5.88. The summed E-state index contributed by atoms with van der Waals surface area (Å²) in [6.45, 7) is 3.95. The lowest BCUT2D eigenvalue weighted by Crippen LogP contribution is -2.19. The fraction of sp³-hybridized carbons (Fsp3) is 0.138. The molecule has 0 aliphatic rings. The Hall–Kier alpha value is -4.35. The lowest BCUT2D eigenvalue weighted by atomic mass is 10.2. The molecule has 0 saturated heterocycles. The maximum atomic E-state index is 12.5. The van der Waals surface area contributed by atoms with Crippen LogP contribution in [0, 0.1) is 0 Å². The van der Waals surface area contributed by atoms with Crippen molar-refractivity contribution in [3.63, 3.8) is 0 Å². The molecule has 0 unspecified atom stereocenters. The fourth-order valence-corrected chi connectivity index (χ4v) is 5.47. The van der Waals surface area contributed by atoms with Crippen molar-refractivity contribution in [2.24, 2.45) is 0 Å². The molecule has 0 atom stereocenters. The second-order valence-corrected chi connectivity index (χ2v) is 11.8. The molecule has 0 saturated carbocycles. The molecule has 4 rings (SSSR count). The van der Waals surface area contributed by atoms with Gasteiger partial charge in [0.1, 0.15) is 21.3 Å². The minimum Gasteiger partial charge on any atom is -0.379 e. The number of amides is 2. The molecule has 4 aromatic rings. The Morgan fingerprint density at radius 1 is 0.550 bits per heavy atom. The Morgan fingerprint density at radius 3 is 1.18 bits per heavy atom. The van der Waals surface area contributed by atoms with E-state index < -0.39 is 26.3 Å². The van der Waals surface area contributed by atoms with Gasteiger partial charge in [-0.1, -0.05) is 38.1 Å². The SMILES string of the molecule is CCc1ccc(S(=O)(=O)Oc2ccc(NC(=O)Nc3ccc(OS(=O)(=O)c4ccc(CC)cc4)cc3)cc2)cc1. The summed E-state index contributed by atoms with van der Waals surface area (Å²) in [6, 6.07) is 24.1. The highest BCUT2D eigenvalue weighted by molar-refractivity contribution is 7.87. The number of carbonyl (C=O) groups is 1. The van der Waals surface area contributed by atoms with Crippen molar-refractivity contribution in [2.45, 2.75) is 36.5 Å². The average Bonchev–Trinajstić information content (AvgIpc) is 2.95. The lowest BCUT2D eigenvalue weighted by molar-refractivity contribution is 0.262. The summed E-state index contributed by atoms with van der Waals surface area (Å²) >= 11 is 0. The average molecular weight is 581 g/mol. The van der Waals surface area contributed by atoms with Gasteiger partial charge in [-0.25, -0.2) is 4.79 Å². The van der Waals surface area contributed by atoms with Crippen molar-refractivity contribution in [2.75, 3.05) is 10.6 Å². The van der Waals surface area contributed by atoms with Crippen LogP contribution in [0.2, 0.25) is 0 Å². The molecule has 0 aliphatic heterocycles. The molecule has 208 valence electrons. The van der Waals surface area contributed by atoms with Crippen LogP contribution >= 0.6 is 0 Å². The van der Waals surface area contributed by atoms with E-state index in [4.69, 9.17) is 8.37 Å². The van der Waals surface area contributed by atoms with Crippen LogP contribution in [0.5, 0.6) is 11.5 Å². The van der Waals surface area contributed by atoms with Crippen LogP contribution in [-0.4, -0.2) is 22.9 Å². The quantitative estimate of drug-likeness (QED) is 0.221. The first-order chi connectivity index (χ1) is 19.1. The van der Waals surface area contributed by atoms with Gasteiger partial charge in [-0.2, -0.15) is 16.8 Å². The van der Waals surface area contributed by atoms with Gasteiger partial charge in [-0.15, -0.1) is 0 Å². The summed E-state index contributed by atoms with van der Waals surface area (Å²) in [6.07, 6.45) is 1.59. The number of aryl methyl sites for hydroxylation is 2. The van der Waals surface area contributed by atoms with Crippen LogP contribution in [0.25, 0.3) is 0 Å². The molecule has 9 nitrogen and oxygen atoms in total. The molecule has 0 spiro atoms. The van der Waals surface area contributed by atoms with Crippen molar-refractivity contribution in [1.29, 1.82) is 0 Å². The van der Waals surface area contributed by atoms with Gasteiger partial charge in [-0.3, -0.25) is 0 Å². The Morgan fingerprint density at radius 2 is 0.875 bits per heavy atom. The first-order valence-electron chi connectivity index (χ1n) is 12.4. The van der Waals surface area contributed by atoms with Gasteiger partial charge < -0.3 is 19.0 Å². The zero-order valence-corrected chi connectivity index (χ0v) is 23.5. The zero-order chi connectivity index (χ0) is 28.8. The van der Waals surface area contributed by atoms with E-state index in [0.717, 1.165) is 24.0 Å². The molecule has 40 heavy (non-hydrogen) atoms. The molecule has 0 fully saturated rings. The monoisotopic (exact) mass is 580 g/mol. The van der Waals surface area contributed by atoms with Crippen molar-refractivity contribution in [1.82, 2.24) is 0 Å². The summed E-state index contributed by atoms with van der Waals surface area (Å²) in [5.74, 6) is 0.190. The van der Waals surface area contributed by atoms with Crippen LogP contribution in [0.15, 0.2) is 107 Å². The van der Waals surface area contributed by atoms with Gasteiger partial charge >= 0.3 is 26.3 Å². The van der Waals surface area contributed by atoms with Crippen molar-refractivity contribution >= 4 is 37.6 Å². The molecule has 0 bridgehead atoms. The fourth-order valence-electron chi connectivity index (χ4n) is 3.61. The largest absolute Gasteiger partial charge is 0.379 e. The summed E-state index contributed by atoms with van der Waals surface area (Å²) in [7, 11) is -7.99. The smallest absolute Gasteiger partial charge is 0.339 e. The van der Waals surface area contributed by atoms with Crippen LogP contribution in [-0.2, 0) is 33.1 Å². The molecule has 2 N–H and O–H groups in total. The van der Waals surface area contributed by atoms with E-state index in [1.807, 2.05) is 13.8 Å². The number of benzene rings is 4. The Kier molecular flexibility index (Phi) is 8.76. The zero-order valence-electron chi connectivity index (χ0n) is 21.8.